The van der Waals surface area contributed by atoms with Crippen molar-refractivity contribution in [1.29, 1.82) is 0 Å². The molecule has 9 nitrogen and oxygen atoms in total. The zero-order valence-electron chi connectivity index (χ0n) is 18.6. The van der Waals surface area contributed by atoms with E-state index in [1.54, 1.807) is 34.6 Å². The molecule has 9 heteroatoms. The highest BCUT2D eigenvalue weighted by Crippen LogP contribution is 2.25. The fourth-order valence-corrected chi connectivity index (χ4v) is 3.75. The fraction of sp³-hybridized carbons (Fsp3) is 0.200. The lowest BCUT2D eigenvalue weighted by atomic mass is 10.00. The number of benzene rings is 3. The summed E-state index contributed by atoms with van der Waals surface area (Å²) < 4.78 is 7.45. The highest BCUT2D eigenvalue weighted by Gasteiger charge is 2.19. The van der Waals surface area contributed by atoms with E-state index < -0.39 is 5.91 Å². The lowest BCUT2D eigenvalue weighted by Gasteiger charge is -2.16. The molecule has 2 amide bonds. The number of amides is 2. The number of rotatable bonds is 9. The molecule has 0 aliphatic carbocycles. The number of anilines is 1. The molecular formula is C25H25N5O4. The van der Waals surface area contributed by atoms with Gasteiger partial charge in [0.15, 0.2) is 0 Å². The minimum absolute atomic E-state index is 0.0261. The van der Waals surface area contributed by atoms with Crippen LogP contribution < -0.4 is 15.5 Å². The Kier molecular flexibility index (Phi) is 7.14. The predicted molar refractivity (Wildman–Crippen MR) is 126 cm³/mol. The smallest absolute Gasteiger partial charge is 0.245 e. The molecule has 1 atom stereocenters. The van der Waals surface area contributed by atoms with Crippen LogP contribution in [0.2, 0.25) is 0 Å². The Balaban J connectivity index is 1.50. The van der Waals surface area contributed by atoms with Gasteiger partial charge in [-0.1, -0.05) is 59.8 Å². The molecular weight excluding hydrogens is 434 g/mol. The molecule has 0 bridgehead atoms. The Hall–Kier alpha value is -4.24. The van der Waals surface area contributed by atoms with E-state index in [4.69, 9.17) is 9.94 Å². The number of para-hydroxylation sites is 2. The van der Waals surface area contributed by atoms with Crippen LogP contribution >= 0.6 is 0 Å². The summed E-state index contributed by atoms with van der Waals surface area (Å²) in [5.74, 6) is -0.191. The van der Waals surface area contributed by atoms with Crippen LogP contribution in [0.15, 0.2) is 72.9 Å². The molecule has 0 unspecified atom stereocenters. The van der Waals surface area contributed by atoms with Crippen molar-refractivity contribution in [1.82, 2.24) is 20.5 Å². The maximum atomic E-state index is 12.0. The van der Waals surface area contributed by atoms with Crippen LogP contribution in [0.1, 0.15) is 30.6 Å². The van der Waals surface area contributed by atoms with Gasteiger partial charge in [0.25, 0.3) is 0 Å². The number of hydrogen-bond donors (Lipinski definition) is 3. The van der Waals surface area contributed by atoms with E-state index in [9.17, 15) is 9.59 Å². The lowest BCUT2D eigenvalue weighted by Crippen LogP contribution is -2.25. The second-order valence-corrected chi connectivity index (χ2v) is 7.93. The minimum atomic E-state index is -0.511. The Morgan fingerprint density at radius 1 is 1.06 bits per heavy atom. The average molecular weight is 460 g/mol. The summed E-state index contributed by atoms with van der Waals surface area (Å²) in [6, 6.07) is 21.0. The van der Waals surface area contributed by atoms with Crippen LogP contribution in [0.25, 0.3) is 10.8 Å². The normalized spacial score (nSPS) is 11.7. The molecule has 34 heavy (non-hydrogen) atoms. The Bertz CT molecular complexity index is 1300. The van der Waals surface area contributed by atoms with Crippen LogP contribution in [0.3, 0.4) is 0 Å². The number of hydroxylamine groups is 1. The zero-order valence-corrected chi connectivity index (χ0v) is 18.6. The van der Waals surface area contributed by atoms with Crippen molar-refractivity contribution < 1.29 is 19.5 Å². The van der Waals surface area contributed by atoms with Crippen LogP contribution in [-0.2, 0) is 22.6 Å². The van der Waals surface area contributed by atoms with E-state index in [1.807, 2.05) is 42.5 Å². The molecule has 3 aromatic carbocycles. The van der Waals surface area contributed by atoms with Crippen LogP contribution in [-0.4, -0.2) is 32.0 Å². The number of carbonyl (C=O) groups is 2. The highest BCUT2D eigenvalue weighted by atomic mass is 16.5. The van der Waals surface area contributed by atoms with Crippen LogP contribution in [0.5, 0.6) is 5.75 Å². The zero-order chi connectivity index (χ0) is 23.9. The second kappa shape index (κ2) is 10.6. The third-order valence-electron chi connectivity index (χ3n) is 5.34. The number of fused-ring (bicyclic) bond motifs is 1. The van der Waals surface area contributed by atoms with E-state index in [2.05, 4.69) is 21.7 Å². The van der Waals surface area contributed by atoms with Gasteiger partial charge in [0.2, 0.25) is 11.8 Å². The third kappa shape index (κ3) is 5.76. The summed E-state index contributed by atoms with van der Waals surface area (Å²) >= 11 is 0. The van der Waals surface area contributed by atoms with E-state index >= 15 is 0 Å². The van der Waals surface area contributed by atoms with Crippen molar-refractivity contribution in [3.05, 3.63) is 84.2 Å². The summed E-state index contributed by atoms with van der Waals surface area (Å²) in [5, 5.41) is 22.4. The number of aromatic nitrogens is 3. The molecule has 4 aromatic rings. The molecule has 0 saturated carbocycles. The van der Waals surface area contributed by atoms with E-state index in [-0.39, 0.29) is 25.0 Å². The van der Waals surface area contributed by atoms with Gasteiger partial charge in [0.05, 0.1) is 24.3 Å². The molecule has 0 spiro atoms. The van der Waals surface area contributed by atoms with Gasteiger partial charge in [-0.05, 0) is 34.9 Å². The highest BCUT2D eigenvalue weighted by molar-refractivity contribution is 5.90. The molecule has 0 aliphatic heterocycles. The van der Waals surface area contributed by atoms with Crippen molar-refractivity contribution in [2.75, 3.05) is 5.32 Å². The first-order valence-electron chi connectivity index (χ1n) is 10.8. The first-order valence-corrected chi connectivity index (χ1v) is 10.8. The van der Waals surface area contributed by atoms with Gasteiger partial charge in [-0.3, -0.25) is 14.8 Å². The lowest BCUT2D eigenvalue weighted by molar-refractivity contribution is -0.130. The Morgan fingerprint density at radius 3 is 2.62 bits per heavy atom. The molecule has 0 fully saturated rings. The van der Waals surface area contributed by atoms with Crippen molar-refractivity contribution >= 4 is 28.3 Å². The van der Waals surface area contributed by atoms with Crippen molar-refractivity contribution in [2.24, 2.45) is 0 Å². The standard InChI is InChI=1S/C25H25N5O4/c1-17(31)26-23-8-4-5-9-24(23)34-16-21-15-30(29-27-21)22(14-25(32)28-33)13-18-10-11-19-6-2-3-7-20(19)12-18/h2-12,15,22,33H,13-14,16H2,1H3,(H,26,31)(H,28,32)/t22-/m1/s1. The Morgan fingerprint density at radius 2 is 1.82 bits per heavy atom. The summed E-state index contributed by atoms with van der Waals surface area (Å²) in [4.78, 5) is 23.4. The second-order valence-electron chi connectivity index (χ2n) is 7.93. The maximum Gasteiger partial charge on any atom is 0.245 e. The van der Waals surface area contributed by atoms with Crippen molar-refractivity contribution in [3.8, 4) is 5.75 Å². The predicted octanol–water partition coefficient (Wildman–Crippen LogP) is 3.65. The van der Waals surface area contributed by atoms with E-state index in [1.165, 1.54) is 6.92 Å². The average Bonchev–Trinajstić information content (AvgIpc) is 3.31. The van der Waals surface area contributed by atoms with Gasteiger partial charge in [-0.15, -0.1) is 5.10 Å². The number of ether oxygens (including phenoxy) is 1. The number of carbonyl (C=O) groups excluding carboxylic acids is 2. The van der Waals surface area contributed by atoms with E-state index in [0.717, 1.165) is 16.3 Å². The Labute approximate surface area is 196 Å². The largest absolute Gasteiger partial charge is 0.485 e. The maximum absolute atomic E-state index is 12.0. The summed E-state index contributed by atoms with van der Waals surface area (Å²) in [6.07, 6.45) is 2.27. The molecule has 0 aliphatic rings. The molecule has 0 saturated heterocycles. The topological polar surface area (TPSA) is 118 Å². The quantitative estimate of drug-likeness (QED) is 0.260. The first kappa shape index (κ1) is 22.9. The SMILES string of the molecule is CC(=O)Nc1ccccc1OCc1cn([C@@H](CC(=O)NO)Cc2ccc3ccccc3c2)nn1. The van der Waals surface area contributed by atoms with Crippen molar-refractivity contribution in [2.45, 2.75) is 32.4 Å². The van der Waals surface area contributed by atoms with E-state index in [0.29, 0.717) is 23.6 Å². The van der Waals surface area contributed by atoms with Gasteiger partial charge >= 0.3 is 0 Å². The summed E-state index contributed by atoms with van der Waals surface area (Å²) in [5.41, 5.74) is 3.86. The van der Waals surface area contributed by atoms with Crippen LogP contribution in [0.4, 0.5) is 5.69 Å². The summed E-state index contributed by atoms with van der Waals surface area (Å²) in [7, 11) is 0. The van der Waals surface area contributed by atoms with Gasteiger partial charge in [0.1, 0.15) is 18.1 Å². The number of nitrogens with one attached hydrogen (secondary N) is 2. The monoisotopic (exact) mass is 459 g/mol. The minimum Gasteiger partial charge on any atom is -0.485 e. The van der Waals surface area contributed by atoms with Gasteiger partial charge in [-0.25, -0.2) is 10.2 Å². The van der Waals surface area contributed by atoms with Gasteiger partial charge < -0.3 is 10.1 Å². The summed E-state index contributed by atoms with van der Waals surface area (Å²) in [6.45, 7) is 1.56. The first-order chi connectivity index (χ1) is 16.5. The number of nitrogens with zero attached hydrogens (tertiary/aromatic N) is 3. The third-order valence-corrected chi connectivity index (χ3v) is 5.34. The number of hydrogen-bond acceptors (Lipinski definition) is 6. The molecule has 174 valence electrons. The molecule has 1 heterocycles. The molecule has 0 radical (unpaired) electrons. The van der Waals surface area contributed by atoms with Crippen molar-refractivity contribution in [3.63, 3.8) is 0 Å². The fourth-order valence-electron chi connectivity index (χ4n) is 3.75. The molecule has 4 rings (SSSR count). The molecule has 1 aromatic heterocycles. The molecule has 3 N–H and O–H groups in total. The van der Waals surface area contributed by atoms with Gasteiger partial charge in [-0.2, -0.15) is 0 Å². The van der Waals surface area contributed by atoms with Gasteiger partial charge in [0, 0.05) is 6.92 Å². The van der Waals surface area contributed by atoms with Crippen LogP contribution in [0, 0.1) is 0 Å².